The molecule has 1 aliphatic rings. The zero-order chi connectivity index (χ0) is 17.6. The number of carbonyl (C=O) groups excluding carboxylic acids is 2. The summed E-state index contributed by atoms with van der Waals surface area (Å²) in [4.78, 5) is 23.6. The third-order valence-electron chi connectivity index (χ3n) is 3.52. The molecule has 0 unspecified atom stereocenters. The first kappa shape index (κ1) is 17.3. The summed E-state index contributed by atoms with van der Waals surface area (Å²) in [6.45, 7) is -0.0779. The number of hydrogen-bond acceptors (Lipinski definition) is 3. The summed E-state index contributed by atoms with van der Waals surface area (Å²) in [5.74, 6) is 0.370. The van der Waals surface area contributed by atoms with E-state index >= 15 is 0 Å². The molecule has 0 aromatic heterocycles. The minimum Gasteiger partial charge on any atom is -0.484 e. The van der Waals surface area contributed by atoms with Crippen molar-refractivity contribution in [2.24, 2.45) is 0 Å². The second-order valence-electron chi connectivity index (χ2n) is 5.74. The highest BCUT2D eigenvalue weighted by Crippen LogP contribution is 2.19. The predicted octanol–water partition coefficient (Wildman–Crippen LogP) is 3.75. The van der Waals surface area contributed by atoms with E-state index in [-0.39, 0.29) is 18.5 Å². The number of ether oxygens (including phenoxy) is 1. The van der Waals surface area contributed by atoms with Gasteiger partial charge in [0.2, 0.25) is 0 Å². The lowest BCUT2D eigenvalue weighted by Gasteiger charge is -2.09. The lowest BCUT2D eigenvalue weighted by Crippen LogP contribution is -2.30. The van der Waals surface area contributed by atoms with Gasteiger partial charge < -0.3 is 20.7 Å². The lowest BCUT2D eigenvalue weighted by molar-refractivity contribution is -0.118. The second kappa shape index (κ2) is 8.02. The Morgan fingerprint density at radius 3 is 2.16 bits per heavy atom. The highest BCUT2D eigenvalue weighted by molar-refractivity contribution is 9.10. The van der Waals surface area contributed by atoms with Crippen LogP contribution in [0, 0.1) is 0 Å². The van der Waals surface area contributed by atoms with Gasteiger partial charge in [0.1, 0.15) is 5.75 Å². The van der Waals surface area contributed by atoms with Gasteiger partial charge in [0.25, 0.3) is 5.91 Å². The summed E-state index contributed by atoms with van der Waals surface area (Å²) < 4.78 is 6.36. The first-order valence-corrected chi connectivity index (χ1v) is 8.73. The normalized spacial score (nSPS) is 13.0. The van der Waals surface area contributed by atoms with Crippen molar-refractivity contribution in [2.75, 3.05) is 17.2 Å². The topological polar surface area (TPSA) is 79.5 Å². The van der Waals surface area contributed by atoms with Crippen LogP contribution in [0.15, 0.2) is 53.0 Å². The van der Waals surface area contributed by atoms with E-state index in [4.69, 9.17) is 4.74 Å². The van der Waals surface area contributed by atoms with Crippen molar-refractivity contribution in [3.8, 4) is 5.75 Å². The van der Waals surface area contributed by atoms with Gasteiger partial charge in [0.05, 0.1) is 0 Å². The van der Waals surface area contributed by atoms with Crippen LogP contribution >= 0.6 is 15.9 Å². The highest BCUT2D eigenvalue weighted by atomic mass is 79.9. The molecule has 0 heterocycles. The van der Waals surface area contributed by atoms with Gasteiger partial charge in [-0.25, -0.2) is 4.79 Å². The van der Waals surface area contributed by atoms with Crippen molar-refractivity contribution in [1.82, 2.24) is 5.32 Å². The zero-order valence-corrected chi connectivity index (χ0v) is 15.0. The number of amides is 3. The summed E-state index contributed by atoms with van der Waals surface area (Å²) >= 11 is 3.34. The summed E-state index contributed by atoms with van der Waals surface area (Å²) in [5, 5.41) is 8.34. The standard InChI is InChI=1S/C18H18BrN3O3/c19-12-1-9-16(10-2-12)25-11-17(23)20-13-3-5-14(6-4-13)21-18(24)22-15-7-8-15/h1-6,9-10,15H,7-8,11H2,(H,20,23)(H2,21,22,24). The summed E-state index contributed by atoms with van der Waals surface area (Å²) in [6.07, 6.45) is 2.08. The Morgan fingerprint density at radius 1 is 0.960 bits per heavy atom. The van der Waals surface area contributed by atoms with E-state index < -0.39 is 0 Å². The maximum absolute atomic E-state index is 11.9. The number of carbonyl (C=O) groups is 2. The van der Waals surface area contributed by atoms with Crippen LogP contribution in [0.1, 0.15) is 12.8 Å². The van der Waals surface area contributed by atoms with Gasteiger partial charge in [0, 0.05) is 21.9 Å². The summed E-state index contributed by atoms with van der Waals surface area (Å²) in [6, 6.07) is 14.3. The maximum Gasteiger partial charge on any atom is 0.319 e. The molecule has 6 nitrogen and oxygen atoms in total. The number of urea groups is 1. The molecule has 2 aromatic carbocycles. The van der Waals surface area contributed by atoms with Crippen LogP contribution in [0.4, 0.5) is 16.2 Å². The monoisotopic (exact) mass is 403 g/mol. The van der Waals surface area contributed by atoms with Gasteiger partial charge in [0.15, 0.2) is 6.61 Å². The fourth-order valence-electron chi connectivity index (χ4n) is 2.09. The first-order valence-electron chi connectivity index (χ1n) is 7.94. The van der Waals surface area contributed by atoms with Crippen molar-refractivity contribution in [2.45, 2.75) is 18.9 Å². The van der Waals surface area contributed by atoms with Gasteiger partial charge in [-0.1, -0.05) is 15.9 Å². The summed E-state index contributed by atoms with van der Waals surface area (Å²) in [7, 11) is 0. The molecule has 25 heavy (non-hydrogen) atoms. The van der Waals surface area contributed by atoms with Crippen molar-refractivity contribution in [3.63, 3.8) is 0 Å². The average Bonchev–Trinajstić information content (AvgIpc) is 3.40. The van der Waals surface area contributed by atoms with Gasteiger partial charge in [-0.3, -0.25) is 4.79 Å². The quantitative estimate of drug-likeness (QED) is 0.686. The Balaban J connectivity index is 1.44. The van der Waals surface area contributed by atoms with Crippen LogP contribution in [0.3, 0.4) is 0 Å². The van der Waals surface area contributed by atoms with Crippen molar-refractivity contribution in [3.05, 3.63) is 53.0 Å². The molecule has 3 N–H and O–H groups in total. The van der Waals surface area contributed by atoms with E-state index in [0.29, 0.717) is 23.2 Å². The molecule has 0 atom stereocenters. The van der Waals surface area contributed by atoms with E-state index in [2.05, 4.69) is 31.9 Å². The molecule has 0 saturated heterocycles. The molecule has 7 heteroatoms. The lowest BCUT2D eigenvalue weighted by atomic mass is 10.3. The molecule has 1 saturated carbocycles. The van der Waals surface area contributed by atoms with Crippen molar-refractivity contribution >= 4 is 39.2 Å². The van der Waals surface area contributed by atoms with Crippen LogP contribution in [-0.2, 0) is 4.79 Å². The Kier molecular flexibility index (Phi) is 5.55. The molecule has 1 aliphatic carbocycles. The molecule has 0 bridgehead atoms. The van der Waals surface area contributed by atoms with Crippen LogP contribution in [-0.4, -0.2) is 24.6 Å². The van der Waals surface area contributed by atoms with E-state index in [9.17, 15) is 9.59 Å². The molecular weight excluding hydrogens is 386 g/mol. The second-order valence-corrected chi connectivity index (χ2v) is 6.66. The number of nitrogens with one attached hydrogen (secondary N) is 3. The number of halogens is 1. The number of benzene rings is 2. The number of anilines is 2. The molecule has 3 rings (SSSR count). The summed E-state index contributed by atoms with van der Waals surface area (Å²) in [5.41, 5.74) is 1.31. The third kappa shape index (κ3) is 5.79. The van der Waals surface area contributed by atoms with Crippen LogP contribution < -0.4 is 20.7 Å². The Bertz CT molecular complexity index is 743. The van der Waals surface area contributed by atoms with Crippen molar-refractivity contribution in [1.29, 1.82) is 0 Å². The molecule has 130 valence electrons. The predicted molar refractivity (Wildman–Crippen MR) is 99.9 cm³/mol. The number of rotatable bonds is 6. The van der Waals surface area contributed by atoms with Gasteiger partial charge >= 0.3 is 6.03 Å². The Labute approximate surface area is 154 Å². The average molecular weight is 404 g/mol. The van der Waals surface area contributed by atoms with Crippen LogP contribution in [0.25, 0.3) is 0 Å². The first-order chi connectivity index (χ1) is 12.1. The largest absolute Gasteiger partial charge is 0.484 e. The van der Waals surface area contributed by atoms with E-state index in [1.165, 1.54) is 0 Å². The molecule has 0 spiro atoms. The highest BCUT2D eigenvalue weighted by Gasteiger charge is 2.23. The Hall–Kier alpha value is -2.54. The van der Waals surface area contributed by atoms with E-state index in [1.54, 1.807) is 36.4 Å². The van der Waals surface area contributed by atoms with Gasteiger partial charge in [-0.2, -0.15) is 0 Å². The molecule has 3 amide bonds. The SMILES string of the molecule is O=C(COc1ccc(Br)cc1)Nc1ccc(NC(=O)NC2CC2)cc1. The van der Waals surface area contributed by atoms with Crippen molar-refractivity contribution < 1.29 is 14.3 Å². The van der Waals surface area contributed by atoms with Crippen LogP contribution in [0.5, 0.6) is 5.75 Å². The molecular formula is C18H18BrN3O3. The Morgan fingerprint density at radius 2 is 1.56 bits per heavy atom. The van der Waals surface area contributed by atoms with E-state index in [1.807, 2.05) is 12.1 Å². The third-order valence-corrected chi connectivity index (χ3v) is 4.05. The minimum absolute atomic E-state index is 0.0779. The molecule has 0 aliphatic heterocycles. The zero-order valence-electron chi connectivity index (χ0n) is 13.4. The molecule has 1 fully saturated rings. The minimum atomic E-state index is -0.255. The fraction of sp³-hybridized carbons (Fsp3) is 0.222. The van der Waals surface area contributed by atoms with Crippen LogP contribution in [0.2, 0.25) is 0 Å². The van der Waals surface area contributed by atoms with E-state index in [0.717, 1.165) is 17.3 Å². The molecule has 0 radical (unpaired) electrons. The van der Waals surface area contributed by atoms with Gasteiger partial charge in [-0.15, -0.1) is 0 Å². The maximum atomic E-state index is 11.9. The number of hydrogen-bond donors (Lipinski definition) is 3. The smallest absolute Gasteiger partial charge is 0.319 e. The van der Waals surface area contributed by atoms with Gasteiger partial charge in [-0.05, 0) is 61.4 Å². The fourth-order valence-corrected chi connectivity index (χ4v) is 2.36. The molecule has 2 aromatic rings.